The second kappa shape index (κ2) is 3.55. The van der Waals surface area contributed by atoms with Gasteiger partial charge >= 0.3 is 0 Å². The predicted molar refractivity (Wildman–Crippen MR) is 46.6 cm³/mol. The maximum absolute atomic E-state index is 3.64. The smallest absolute Gasteiger partial charge is 0.00671 e. The Morgan fingerprint density at radius 1 is 1.18 bits per heavy atom. The van der Waals surface area contributed by atoms with E-state index in [4.69, 9.17) is 0 Å². The van der Waals surface area contributed by atoms with Gasteiger partial charge in [-0.3, -0.25) is 0 Å². The number of rotatable bonds is 3. The molecule has 0 bridgehead atoms. The third-order valence-corrected chi connectivity index (χ3v) is 2.92. The van der Waals surface area contributed by atoms with Gasteiger partial charge in [0.25, 0.3) is 0 Å². The van der Waals surface area contributed by atoms with Crippen LogP contribution in [0.5, 0.6) is 0 Å². The predicted octanol–water partition coefficient (Wildman–Crippen LogP) is 0.738. The zero-order valence-corrected chi connectivity index (χ0v) is 7.10. The van der Waals surface area contributed by atoms with Gasteiger partial charge in [-0.15, -0.1) is 0 Å². The van der Waals surface area contributed by atoms with Crippen LogP contribution in [0.2, 0.25) is 0 Å². The van der Waals surface area contributed by atoms with E-state index in [0.717, 1.165) is 12.0 Å². The summed E-state index contributed by atoms with van der Waals surface area (Å²) in [5.74, 6) is 0.926. The van der Waals surface area contributed by atoms with Gasteiger partial charge in [0.1, 0.15) is 0 Å². The Bertz CT molecular complexity index is 115. The summed E-state index contributed by atoms with van der Waals surface area (Å²) in [6.07, 6.45) is 5.72. The molecule has 2 aliphatic rings. The van der Waals surface area contributed by atoms with E-state index in [1.54, 1.807) is 0 Å². The van der Waals surface area contributed by atoms with Crippen molar-refractivity contribution in [2.75, 3.05) is 19.6 Å². The molecule has 1 aliphatic heterocycles. The summed E-state index contributed by atoms with van der Waals surface area (Å²) in [6, 6.07) is 0.857. The quantitative estimate of drug-likeness (QED) is 0.626. The maximum Gasteiger partial charge on any atom is 0.00671 e. The normalized spacial score (nSPS) is 27.3. The average molecular weight is 154 g/mol. The highest BCUT2D eigenvalue weighted by atomic mass is 15.0. The van der Waals surface area contributed by atoms with Crippen LogP contribution in [-0.2, 0) is 0 Å². The summed E-state index contributed by atoms with van der Waals surface area (Å²) >= 11 is 0. The molecule has 0 atom stereocenters. The van der Waals surface area contributed by atoms with Crippen molar-refractivity contribution < 1.29 is 0 Å². The lowest BCUT2D eigenvalue weighted by Crippen LogP contribution is -2.48. The number of hydrogen-bond acceptors (Lipinski definition) is 2. The molecule has 1 aliphatic carbocycles. The van der Waals surface area contributed by atoms with Crippen LogP contribution in [0.1, 0.15) is 25.7 Å². The molecule has 0 radical (unpaired) electrons. The monoisotopic (exact) mass is 154 g/mol. The molecule has 0 aromatic carbocycles. The summed E-state index contributed by atoms with van der Waals surface area (Å²) in [7, 11) is 0. The fourth-order valence-electron chi connectivity index (χ4n) is 1.96. The van der Waals surface area contributed by atoms with Gasteiger partial charge in [-0.25, -0.2) is 0 Å². The van der Waals surface area contributed by atoms with Crippen molar-refractivity contribution in [2.45, 2.75) is 31.7 Å². The Balaban J connectivity index is 1.57. The van der Waals surface area contributed by atoms with Crippen molar-refractivity contribution >= 4 is 0 Å². The van der Waals surface area contributed by atoms with Crippen LogP contribution >= 0.6 is 0 Å². The van der Waals surface area contributed by atoms with Gasteiger partial charge in [0.15, 0.2) is 0 Å². The summed E-state index contributed by atoms with van der Waals surface area (Å²) in [5.41, 5.74) is 0. The molecule has 2 N–H and O–H groups in total. The Morgan fingerprint density at radius 2 is 1.91 bits per heavy atom. The minimum absolute atomic E-state index is 0.857. The lowest BCUT2D eigenvalue weighted by atomic mass is 10.0. The summed E-state index contributed by atoms with van der Waals surface area (Å²) in [5, 5.41) is 6.94. The molecule has 1 saturated carbocycles. The first-order valence-electron chi connectivity index (χ1n) is 4.89. The van der Waals surface area contributed by atoms with Crippen LogP contribution in [0.3, 0.4) is 0 Å². The minimum Gasteiger partial charge on any atom is -0.316 e. The highest BCUT2D eigenvalue weighted by molar-refractivity contribution is 4.80. The first-order chi connectivity index (χ1) is 5.45. The molecule has 2 fully saturated rings. The third-order valence-electron chi connectivity index (χ3n) is 2.92. The summed E-state index contributed by atoms with van der Waals surface area (Å²) < 4.78 is 0. The average Bonchev–Trinajstić information content (AvgIpc) is 2.36. The molecule has 2 nitrogen and oxygen atoms in total. The first kappa shape index (κ1) is 7.56. The van der Waals surface area contributed by atoms with Gasteiger partial charge in [0.05, 0.1) is 0 Å². The number of nitrogens with one attached hydrogen (secondary N) is 2. The van der Waals surface area contributed by atoms with E-state index >= 15 is 0 Å². The molecule has 1 heterocycles. The van der Waals surface area contributed by atoms with E-state index in [-0.39, 0.29) is 0 Å². The Labute approximate surface area is 68.7 Å². The topological polar surface area (TPSA) is 24.1 Å². The SMILES string of the molecule is C1CCC(NCC2CNC2)C1. The lowest BCUT2D eigenvalue weighted by molar-refractivity contribution is 0.316. The van der Waals surface area contributed by atoms with E-state index in [9.17, 15) is 0 Å². The standard InChI is InChI=1S/C9H18N2/c1-2-4-9(3-1)11-7-8-5-10-6-8/h8-11H,1-7H2. The fraction of sp³-hybridized carbons (Fsp3) is 1.00. The van der Waals surface area contributed by atoms with Crippen LogP contribution in [-0.4, -0.2) is 25.7 Å². The molecule has 11 heavy (non-hydrogen) atoms. The molecule has 1 saturated heterocycles. The molecule has 0 spiro atoms. The van der Waals surface area contributed by atoms with Crippen molar-refractivity contribution in [3.05, 3.63) is 0 Å². The Morgan fingerprint density at radius 3 is 2.45 bits per heavy atom. The van der Waals surface area contributed by atoms with Crippen molar-refractivity contribution in [1.82, 2.24) is 10.6 Å². The van der Waals surface area contributed by atoms with Gasteiger partial charge in [0, 0.05) is 25.7 Å². The summed E-state index contributed by atoms with van der Waals surface area (Å²) in [6.45, 7) is 3.72. The Kier molecular flexibility index (Phi) is 2.44. The minimum atomic E-state index is 0.857. The van der Waals surface area contributed by atoms with Crippen LogP contribution in [0.15, 0.2) is 0 Å². The molecular weight excluding hydrogens is 136 g/mol. The van der Waals surface area contributed by atoms with E-state index in [2.05, 4.69) is 10.6 Å². The second-order valence-corrected chi connectivity index (χ2v) is 3.91. The highest BCUT2D eigenvalue weighted by Gasteiger charge is 2.19. The van der Waals surface area contributed by atoms with Gasteiger partial charge in [-0.2, -0.15) is 0 Å². The summed E-state index contributed by atoms with van der Waals surface area (Å²) in [4.78, 5) is 0. The van der Waals surface area contributed by atoms with Gasteiger partial charge < -0.3 is 10.6 Å². The largest absolute Gasteiger partial charge is 0.316 e. The van der Waals surface area contributed by atoms with E-state index in [1.807, 2.05) is 0 Å². The Hall–Kier alpha value is -0.0800. The van der Waals surface area contributed by atoms with Gasteiger partial charge in [0.2, 0.25) is 0 Å². The van der Waals surface area contributed by atoms with Crippen LogP contribution in [0.4, 0.5) is 0 Å². The highest BCUT2D eigenvalue weighted by Crippen LogP contribution is 2.17. The zero-order chi connectivity index (χ0) is 7.52. The van der Waals surface area contributed by atoms with E-state index in [0.29, 0.717) is 0 Å². The molecule has 2 rings (SSSR count). The van der Waals surface area contributed by atoms with Crippen molar-refractivity contribution in [3.8, 4) is 0 Å². The maximum atomic E-state index is 3.64. The zero-order valence-electron chi connectivity index (χ0n) is 7.10. The molecule has 64 valence electrons. The van der Waals surface area contributed by atoms with Crippen molar-refractivity contribution in [1.29, 1.82) is 0 Å². The second-order valence-electron chi connectivity index (χ2n) is 3.91. The van der Waals surface area contributed by atoms with Crippen LogP contribution in [0, 0.1) is 5.92 Å². The van der Waals surface area contributed by atoms with Gasteiger partial charge in [-0.1, -0.05) is 12.8 Å². The van der Waals surface area contributed by atoms with Crippen LogP contribution < -0.4 is 10.6 Å². The first-order valence-corrected chi connectivity index (χ1v) is 4.89. The third kappa shape index (κ3) is 1.94. The van der Waals surface area contributed by atoms with E-state index in [1.165, 1.54) is 45.3 Å². The lowest BCUT2D eigenvalue weighted by Gasteiger charge is -2.28. The van der Waals surface area contributed by atoms with Crippen molar-refractivity contribution in [3.63, 3.8) is 0 Å². The molecule has 0 unspecified atom stereocenters. The molecular formula is C9H18N2. The van der Waals surface area contributed by atoms with Gasteiger partial charge in [-0.05, 0) is 18.8 Å². The molecule has 2 heteroatoms. The van der Waals surface area contributed by atoms with Crippen molar-refractivity contribution in [2.24, 2.45) is 5.92 Å². The molecule has 0 aromatic rings. The fourth-order valence-corrected chi connectivity index (χ4v) is 1.96. The molecule has 0 amide bonds. The molecule has 0 aromatic heterocycles. The van der Waals surface area contributed by atoms with Crippen LogP contribution in [0.25, 0.3) is 0 Å². The number of hydrogen-bond donors (Lipinski definition) is 2. The van der Waals surface area contributed by atoms with E-state index < -0.39 is 0 Å².